The Morgan fingerprint density at radius 1 is 0.565 bits per heavy atom. The predicted octanol–water partition coefficient (Wildman–Crippen LogP) is 4.57. The third-order valence-electron chi connectivity index (χ3n) is 2.92. The van der Waals surface area contributed by atoms with Crippen molar-refractivity contribution in [2.75, 3.05) is 26.4 Å². The van der Waals surface area contributed by atoms with Crippen LogP contribution in [0.15, 0.2) is 50.6 Å². The second-order valence-electron chi connectivity index (χ2n) is 4.97. The van der Waals surface area contributed by atoms with Crippen LogP contribution in [0.25, 0.3) is 0 Å². The first kappa shape index (κ1) is 22.0. The molecule has 4 nitrogen and oxygen atoms in total. The van der Waals surface area contributed by atoms with Crippen molar-refractivity contribution in [1.29, 1.82) is 0 Å². The molecule has 0 rings (SSSR count). The fourth-order valence-corrected chi connectivity index (χ4v) is 3.68. The molecule has 0 saturated heterocycles. The topological polar surface area (TPSA) is 36.9 Å². The van der Waals surface area contributed by atoms with Gasteiger partial charge in [-0.15, -0.1) is 26.3 Å². The maximum absolute atomic E-state index is 5.91. The Bertz CT molecular complexity index is 299. The first-order valence-corrected chi connectivity index (χ1v) is 9.87. The molecule has 0 aromatic heterocycles. The molecule has 0 aromatic rings. The lowest BCUT2D eigenvalue weighted by molar-refractivity contribution is -0.0251. The summed E-state index contributed by atoms with van der Waals surface area (Å²) < 4.78 is 23.3. The maximum atomic E-state index is 5.91. The quantitative estimate of drug-likeness (QED) is 0.208. The van der Waals surface area contributed by atoms with Crippen LogP contribution in [0.1, 0.15) is 38.5 Å². The smallest absolute Gasteiger partial charge is 0.351 e. The first-order chi connectivity index (χ1) is 11.2. The number of unbranched alkanes of at least 4 members (excludes halogenated alkanes) is 4. The molecule has 0 fully saturated rings. The highest BCUT2D eigenvalue weighted by Gasteiger charge is 2.45. The van der Waals surface area contributed by atoms with Gasteiger partial charge in [-0.2, -0.15) is 0 Å². The molecule has 0 spiro atoms. The van der Waals surface area contributed by atoms with E-state index < -0.39 is 9.05 Å². The third kappa shape index (κ3) is 12.1. The summed E-state index contributed by atoms with van der Waals surface area (Å²) in [5, 5.41) is 0. The fraction of sp³-hybridized carbons (Fsp3) is 0.556. The van der Waals surface area contributed by atoms with Gasteiger partial charge in [-0.05, 0) is 38.5 Å². The van der Waals surface area contributed by atoms with Crippen molar-refractivity contribution in [2.45, 2.75) is 38.5 Å². The second kappa shape index (κ2) is 15.9. The van der Waals surface area contributed by atoms with Gasteiger partial charge in [-0.25, -0.2) is 0 Å². The molecular formula is C18H32O4Si. The van der Waals surface area contributed by atoms with E-state index in [-0.39, 0.29) is 0 Å². The van der Waals surface area contributed by atoms with Crippen molar-refractivity contribution >= 4 is 9.05 Å². The summed E-state index contributed by atoms with van der Waals surface area (Å²) in [5.74, 6) is 0. The summed E-state index contributed by atoms with van der Waals surface area (Å²) in [6, 6.07) is 0. The van der Waals surface area contributed by atoms with E-state index in [2.05, 4.69) is 26.3 Å². The summed E-state index contributed by atoms with van der Waals surface area (Å²) in [4.78, 5) is 0. The zero-order chi connectivity index (χ0) is 17.2. The molecule has 0 heterocycles. The standard InChI is InChI=1S/C18H32O4Si/c1-5-9-11-13-17-21-23(19-15-7-3,20-16-8-4)22-18-14-12-10-6-2/h5-8H,1-4,9-18H2. The van der Waals surface area contributed by atoms with Crippen LogP contribution < -0.4 is 0 Å². The molecule has 0 N–H and O–H groups in total. The van der Waals surface area contributed by atoms with E-state index in [1.54, 1.807) is 12.2 Å². The highest BCUT2D eigenvalue weighted by atomic mass is 28.4. The van der Waals surface area contributed by atoms with E-state index >= 15 is 0 Å². The molecule has 0 atom stereocenters. The molecule has 0 radical (unpaired) electrons. The minimum absolute atomic E-state index is 0.336. The number of rotatable bonds is 18. The minimum Gasteiger partial charge on any atom is -0.351 e. The van der Waals surface area contributed by atoms with E-state index in [0.717, 1.165) is 38.5 Å². The maximum Gasteiger partial charge on any atom is 0.680 e. The van der Waals surface area contributed by atoms with E-state index in [1.165, 1.54) is 0 Å². The zero-order valence-electron chi connectivity index (χ0n) is 14.3. The third-order valence-corrected chi connectivity index (χ3v) is 5.07. The molecule has 0 aliphatic rings. The van der Waals surface area contributed by atoms with Crippen molar-refractivity contribution < 1.29 is 17.7 Å². The molecule has 0 amide bonds. The van der Waals surface area contributed by atoms with Gasteiger partial charge in [0.1, 0.15) is 0 Å². The van der Waals surface area contributed by atoms with Crippen molar-refractivity contribution in [2.24, 2.45) is 0 Å². The van der Waals surface area contributed by atoms with Crippen molar-refractivity contribution in [3.8, 4) is 0 Å². The lowest BCUT2D eigenvalue weighted by atomic mass is 10.2. The van der Waals surface area contributed by atoms with E-state index in [9.17, 15) is 0 Å². The first-order valence-electron chi connectivity index (χ1n) is 8.24. The van der Waals surface area contributed by atoms with Gasteiger partial charge in [-0.3, -0.25) is 0 Å². The van der Waals surface area contributed by atoms with E-state index in [4.69, 9.17) is 17.7 Å². The predicted molar refractivity (Wildman–Crippen MR) is 98.1 cm³/mol. The van der Waals surface area contributed by atoms with Gasteiger partial charge in [0.15, 0.2) is 0 Å². The van der Waals surface area contributed by atoms with Gasteiger partial charge < -0.3 is 17.7 Å². The SMILES string of the molecule is C=CCCCCO[Si](OCC=C)(OCC=C)OCCCCC=C. The molecule has 132 valence electrons. The van der Waals surface area contributed by atoms with Crippen molar-refractivity contribution in [1.82, 2.24) is 0 Å². The minimum atomic E-state index is -3.15. The summed E-state index contributed by atoms with van der Waals surface area (Å²) in [5.41, 5.74) is 0. The van der Waals surface area contributed by atoms with Crippen LogP contribution in [0.4, 0.5) is 0 Å². The Kier molecular flexibility index (Phi) is 15.2. The van der Waals surface area contributed by atoms with Gasteiger partial charge >= 0.3 is 9.05 Å². The van der Waals surface area contributed by atoms with Gasteiger partial charge in [-0.1, -0.05) is 24.3 Å². The zero-order valence-corrected chi connectivity index (χ0v) is 15.3. The highest BCUT2D eigenvalue weighted by Crippen LogP contribution is 2.15. The molecule has 0 aliphatic carbocycles. The molecule has 0 aliphatic heterocycles. The van der Waals surface area contributed by atoms with Crippen LogP contribution in [-0.2, 0) is 17.7 Å². The molecule has 0 saturated carbocycles. The van der Waals surface area contributed by atoms with Gasteiger partial charge in [0.2, 0.25) is 0 Å². The van der Waals surface area contributed by atoms with E-state index in [1.807, 2.05) is 12.2 Å². The van der Waals surface area contributed by atoms with Gasteiger partial charge in [0, 0.05) is 13.2 Å². The second-order valence-corrected chi connectivity index (χ2v) is 7.12. The number of hydrogen-bond acceptors (Lipinski definition) is 4. The largest absolute Gasteiger partial charge is 0.680 e. The molecule has 0 unspecified atom stereocenters. The number of allylic oxidation sites excluding steroid dienone is 2. The summed E-state index contributed by atoms with van der Waals surface area (Å²) in [7, 11) is -3.15. The van der Waals surface area contributed by atoms with Crippen molar-refractivity contribution in [3.63, 3.8) is 0 Å². The lowest BCUT2D eigenvalue weighted by Crippen LogP contribution is -2.50. The van der Waals surface area contributed by atoms with Crippen LogP contribution in [0, 0.1) is 0 Å². The lowest BCUT2D eigenvalue weighted by Gasteiger charge is -2.27. The monoisotopic (exact) mass is 340 g/mol. The van der Waals surface area contributed by atoms with Crippen molar-refractivity contribution in [3.05, 3.63) is 50.6 Å². The Hall–Kier alpha value is -0.983. The van der Waals surface area contributed by atoms with Crippen LogP contribution in [0.2, 0.25) is 0 Å². The van der Waals surface area contributed by atoms with Crippen LogP contribution in [0.5, 0.6) is 0 Å². The van der Waals surface area contributed by atoms with Crippen LogP contribution >= 0.6 is 0 Å². The Balaban J connectivity index is 4.50. The average molecular weight is 341 g/mol. The average Bonchev–Trinajstić information content (AvgIpc) is 2.57. The Labute approximate surface area is 143 Å². The summed E-state index contributed by atoms with van der Waals surface area (Å²) in [6.45, 7) is 16.5. The van der Waals surface area contributed by atoms with E-state index in [0.29, 0.717) is 26.4 Å². The molecule has 0 bridgehead atoms. The summed E-state index contributed by atoms with van der Waals surface area (Å²) >= 11 is 0. The summed E-state index contributed by atoms with van der Waals surface area (Å²) in [6.07, 6.45) is 13.0. The Morgan fingerprint density at radius 2 is 1.00 bits per heavy atom. The molecule has 5 heteroatoms. The Morgan fingerprint density at radius 3 is 1.35 bits per heavy atom. The normalized spacial score (nSPS) is 11.1. The molecule has 23 heavy (non-hydrogen) atoms. The number of hydrogen-bond donors (Lipinski definition) is 0. The van der Waals surface area contributed by atoms with Gasteiger partial charge in [0.25, 0.3) is 0 Å². The van der Waals surface area contributed by atoms with Crippen LogP contribution in [-0.4, -0.2) is 35.5 Å². The fourth-order valence-electron chi connectivity index (χ4n) is 1.75. The molecule has 0 aromatic carbocycles. The highest BCUT2D eigenvalue weighted by molar-refractivity contribution is 6.53. The van der Waals surface area contributed by atoms with Gasteiger partial charge in [0.05, 0.1) is 13.2 Å². The molecular weight excluding hydrogens is 308 g/mol. The van der Waals surface area contributed by atoms with Crippen LogP contribution in [0.3, 0.4) is 0 Å².